The second-order valence-corrected chi connectivity index (χ2v) is 5.89. The minimum absolute atomic E-state index is 0.103. The van der Waals surface area contributed by atoms with Crippen LogP contribution >= 0.6 is 11.3 Å². The van der Waals surface area contributed by atoms with Crippen molar-refractivity contribution in [3.05, 3.63) is 22.4 Å². The maximum atomic E-state index is 5.87. The van der Waals surface area contributed by atoms with Crippen LogP contribution in [0.4, 0.5) is 0 Å². The van der Waals surface area contributed by atoms with Crippen LogP contribution in [-0.2, 0) is 4.74 Å². The molecule has 1 atom stereocenters. The summed E-state index contributed by atoms with van der Waals surface area (Å²) in [6.45, 7) is 2.31. The SMILES string of the molecule is COC1(C(NN)c2ccsc2)CCC(C)CC1. The highest BCUT2D eigenvalue weighted by Crippen LogP contribution is 2.42. The maximum Gasteiger partial charge on any atom is 0.0885 e. The average Bonchev–Trinajstić information content (AvgIpc) is 2.86. The second-order valence-electron chi connectivity index (χ2n) is 5.11. The van der Waals surface area contributed by atoms with Crippen LogP contribution in [-0.4, -0.2) is 12.7 Å². The van der Waals surface area contributed by atoms with Gasteiger partial charge in [0.25, 0.3) is 0 Å². The molecular weight excluding hydrogens is 232 g/mol. The molecule has 1 fully saturated rings. The van der Waals surface area contributed by atoms with E-state index in [9.17, 15) is 0 Å². The molecule has 1 aromatic rings. The van der Waals surface area contributed by atoms with E-state index in [1.54, 1.807) is 11.3 Å². The zero-order chi connectivity index (χ0) is 12.3. The summed E-state index contributed by atoms with van der Waals surface area (Å²) in [7, 11) is 1.81. The summed E-state index contributed by atoms with van der Waals surface area (Å²) in [5.41, 5.74) is 4.07. The molecule has 1 unspecified atom stereocenters. The van der Waals surface area contributed by atoms with Crippen molar-refractivity contribution in [2.75, 3.05) is 7.11 Å². The molecule has 0 amide bonds. The summed E-state index contributed by atoms with van der Waals surface area (Å²) >= 11 is 1.71. The Bertz CT molecular complexity index is 331. The first-order valence-electron chi connectivity index (χ1n) is 6.25. The van der Waals surface area contributed by atoms with Gasteiger partial charge in [0.1, 0.15) is 0 Å². The van der Waals surface area contributed by atoms with Crippen LogP contribution in [0.15, 0.2) is 16.8 Å². The molecule has 0 bridgehead atoms. The lowest BCUT2D eigenvalue weighted by Crippen LogP contribution is -2.49. The van der Waals surface area contributed by atoms with Crippen LogP contribution in [0.5, 0.6) is 0 Å². The van der Waals surface area contributed by atoms with Gasteiger partial charge in [-0.1, -0.05) is 6.92 Å². The molecule has 17 heavy (non-hydrogen) atoms. The molecule has 3 N–H and O–H groups in total. The summed E-state index contributed by atoms with van der Waals surface area (Å²) in [5, 5.41) is 4.25. The molecule has 1 heterocycles. The lowest BCUT2D eigenvalue weighted by atomic mass is 9.74. The van der Waals surface area contributed by atoms with Gasteiger partial charge in [0.15, 0.2) is 0 Å². The van der Waals surface area contributed by atoms with Gasteiger partial charge in [0, 0.05) is 7.11 Å². The molecule has 3 nitrogen and oxygen atoms in total. The summed E-state index contributed by atoms with van der Waals surface area (Å²) in [6, 6.07) is 2.24. The fourth-order valence-electron chi connectivity index (χ4n) is 2.85. The predicted octanol–water partition coefficient (Wildman–Crippen LogP) is 2.85. The van der Waals surface area contributed by atoms with Crippen molar-refractivity contribution < 1.29 is 4.74 Å². The van der Waals surface area contributed by atoms with Gasteiger partial charge in [0.2, 0.25) is 0 Å². The maximum absolute atomic E-state index is 5.87. The Hall–Kier alpha value is -0.420. The van der Waals surface area contributed by atoms with Crippen molar-refractivity contribution in [1.29, 1.82) is 0 Å². The topological polar surface area (TPSA) is 47.3 Å². The minimum atomic E-state index is -0.137. The third kappa shape index (κ3) is 2.55. The van der Waals surface area contributed by atoms with E-state index in [1.165, 1.54) is 18.4 Å². The molecule has 0 spiro atoms. The third-order valence-electron chi connectivity index (χ3n) is 4.10. The van der Waals surface area contributed by atoms with Crippen LogP contribution in [0.2, 0.25) is 0 Å². The van der Waals surface area contributed by atoms with Gasteiger partial charge in [0.05, 0.1) is 11.6 Å². The van der Waals surface area contributed by atoms with Crippen molar-refractivity contribution in [3.63, 3.8) is 0 Å². The Morgan fingerprint density at radius 2 is 2.24 bits per heavy atom. The molecule has 0 aliphatic heterocycles. The molecule has 4 heteroatoms. The Morgan fingerprint density at radius 1 is 1.53 bits per heavy atom. The van der Waals surface area contributed by atoms with E-state index in [4.69, 9.17) is 10.6 Å². The van der Waals surface area contributed by atoms with Gasteiger partial charge >= 0.3 is 0 Å². The Balaban J connectivity index is 2.21. The van der Waals surface area contributed by atoms with E-state index in [-0.39, 0.29) is 11.6 Å². The first kappa shape index (κ1) is 13.0. The lowest BCUT2D eigenvalue weighted by Gasteiger charge is -2.43. The highest BCUT2D eigenvalue weighted by molar-refractivity contribution is 7.07. The Labute approximate surface area is 107 Å². The molecule has 96 valence electrons. The van der Waals surface area contributed by atoms with E-state index in [0.29, 0.717) is 0 Å². The van der Waals surface area contributed by atoms with Gasteiger partial charge < -0.3 is 4.74 Å². The molecule has 1 aromatic heterocycles. The van der Waals surface area contributed by atoms with E-state index < -0.39 is 0 Å². The number of nitrogens with two attached hydrogens (primary N) is 1. The molecule has 0 saturated heterocycles. The number of thiophene rings is 1. The fraction of sp³-hybridized carbons (Fsp3) is 0.692. The number of rotatable bonds is 4. The number of hydrogen-bond acceptors (Lipinski definition) is 4. The second kappa shape index (κ2) is 5.48. The Morgan fingerprint density at radius 3 is 2.71 bits per heavy atom. The zero-order valence-corrected chi connectivity index (χ0v) is 11.4. The summed E-state index contributed by atoms with van der Waals surface area (Å²) < 4.78 is 5.87. The van der Waals surface area contributed by atoms with Gasteiger partial charge in [-0.25, -0.2) is 0 Å². The highest BCUT2D eigenvalue weighted by Gasteiger charge is 2.42. The predicted molar refractivity (Wildman–Crippen MR) is 71.8 cm³/mol. The molecular formula is C13H22N2OS. The van der Waals surface area contributed by atoms with Crippen LogP contribution < -0.4 is 11.3 Å². The number of hydrogen-bond donors (Lipinski definition) is 2. The number of methoxy groups -OCH3 is 1. The van der Waals surface area contributed by atoms with Gasteiger partial charge in [-0.05, 0) is 54.0 Å². The largest absolute Gasteiger partial charge is 0.376 e. The average molecular weight is 254 g/mol. The molecule has 0 radical (unpaired) electrons. The number of nitrogens with one attached hydrogen (secondary N) is 1. The van der Waals surface area contributed by atoms with Crippen molar-refractivity contribution in [2.45, 2.75) is 44.2 Å². The van der Waals surface area contributed by atoms with E-state index in [2.05, 4.69) is 29.2 Å². The van der Waals surface area contributed by atoms with Crippen LogP contribution in [0.3, 0.4) is 0 Å². The van der Waals surface area contributed by atoms with Crippen molar-refractivity contribution >= 4 is 11.3 Å². The molecule has 1 saturated carbocycles. The third-order valence-corrected chi connectivity index (χ3v) is 4.80. The van der Waals surface area contributed by atoms with Crippen LogP contribution in [0.1, 0.15) is 44.2 Å². The van der Waals surface area contributed by atoms with Crippen LogP contribution in [0, 0.1) is 5.92 Å². The quantitative estimate of drug-likeness (QED) is 0.641. The number of hydrazine groups is 1. The minimum Gasteiger partial charge on any atom is -0.376 e. The Kier molecular flexibility index (Phi) is 4.20. The van der Waals surface area contributed by atoms with Gasteiger partial charge in [-0.2, -0.15) is 11.3 Å². The van der Waals surface area contributed by atoms with Crippen LogP contribution in [0.25, 0.3) is 0 Å². The first-order chi connectivity index (χ1) is 8.22. The van der Waals surface area contributed by atoms with E-state index >= 15 is 0 Å². The van der Waals surface area contributed by atoms with Crippen molar-refractivity contribution in [2.24, 2.45) is 11.8 Å². The standard InChI is InChI=1S/C13H22N2OS/c1-10-3-6-13(16-2,7-4-10)12(15-14)11-5-8-17-9-11/h5,8-10,12,15H,3-4,6-7,14H2,1-2H3. The van der Waals surface area contributed by atoms with Crippen molar-refractivity contribution in [3.8, 4) is 0 Å². The normalized spacial score (nSPS) is 31.4. The van der Waals surface area contributed by atoms with E-state index in [0.717, 1.165) is 18.8 Å². The summed E-state index contributed by atoms with van der Waals surface area (Å²) in [5.74, 6) is 6.57. The summed E-state index contributed by atoms with van der Waals surface area (Å²) in [4.78, 5) is 0. The molecule has 0 aromatic carbocycles. The lowest BCUT2D eigenvalue weighted by molar-refractivity contribution is -0.0760. The van der Waals surface area contributed by atoms with Gasteiger partial charge in [-0.15, -0.1) is 0 Å². The van der Waals surface area contributed by atoms with E-state index in [1.807, 2.05) is 7.11 Å². The molecule has 2 rings (SSSR count). The first-order valence-corrected chi connectivity index (χ1v) is 7.19. The highest BCUT2D eigenvalue weighted by atomic mass is 32.1. The molecule has 1 aliphatic rings. The number of ether oxygens (including phenoxy) is 1. The summed E-state index contributed by atoms with van der Waals surface area (Å²) in [6.07, 6.45) is 4.59. The monoisotopic (exact) mass is 254 g/mol. The van der Waals surface area contributed by atoms with Gasteiger partial charge in [-0.3, -0.25) is 11.3 Å². The van der Waals surface area contributed by atoms with Crippen molar-refractivity contribution in [1.82, 2.24) is 5.43 Å². The smallest absolute Gasteiger partial charge is 0.0885 e. The zero-order valence-electron chi connectivity index (χ0n) is 10.6. The molecule has 1 aliphatic carbocycles. The fourth-order valence-corrected chi connectivity index (χ4v) is 3.54.